The maximum atomic E-state index is 13.3. The third-order valence-electron chi connectivity index (χ3n) is 4.25. The first-order valence-corrected chi connectivity index (χ1v) is 8.70. The summed E-state index contributed by atoms with van der Waals surface area (Å²) in [5.41, 5.74) is 0.504. The van der Waals surface area contributed by atoms with Crippen LogP contribution < -0.4 is 10.9 Å². The molecule has 1 heterocycles. The van der Waals surface area contributed by atoms with E-state index < -0.39 is 17.9 Å². The van der Waals surface area contributed by atoms with Crippen LogP contribution in [0.25, 0.3) is 10.8 Å². The second-order valence-corrected chi connectivity index (χ2v) is 6.82. The molecule has 9 heteroatoms. The smallest absolute Gasteiger partial charge is 0.319 e. The quantitative estimate of drug-likeness (QED) is 0.664. The second-order valence-electron chi connectivity index (χ2n) is 5.97. The number of aromatic amines is 1. The van der Waals surface area contributed by atoms with E-state index in [1.54, 1.807) is 32.2 Å². The van der Waals surface area contributed by atoms with Crippen molar-refractivity contribution in [3.63, 3.8) is 0 Å². The summed E-state index contributed by atoms with van der Waals surface area (Å²) in [5, 5.41) is 10.5. The summed E-state index contributed by atoms with van der Waals surface area (Å²) in [6, 6.07) is 7.88. The van der Waals surface area contributed by atoms with E-state index in [0.29, 0.717) is 27.2 Å². The van der Waals surface area contributed by atoms with Crippen LogP contribution in [0.5, 0.6) is 0 Å². The highest BCUT2D eigenvalue weighted by molar-refractivity contribution is 6.31. The Bertz CT molecular complexity index is 1090. The molecule has 0 aliphatic heterocycles. The Morgan fingerprint density at radius 2 is 1.96 bits per heavy atom. The van der Waals surface area contributed by atoms with Crippen molar-refractivity contribution in [1.29, 1.82) is 0 Å². The fourth-order valence-corrected chi connectivity index (χ4v) is 2.98. The van der Waals surface area contributed by atoms with Crippen LogP contribution in [0.3, 0.4) is 0 Å². The molecule has 0 bridgehead atoms. The molecule has 1 atom stereocenters. The number of aromatic nitrogens is 2. The van der Waals surface area contributed by atoms with Crippen LogP contribution in [0.1, 0.15) is 18.7 Å². The highest BCUT2D eigenvalue weighted by atomic mass is 35.5. The molecule has 0 aliphatic rings. The number of amides is 2. The Morgan fingerprint density at radius 1 is 1.22 bits per heavy atom. The van der Waals surface area contributed by atoms with Gasteiger partial charge in [-0.2, -0.15) is 5.10 Å². The van der Waals surface area contributed by atoms with Crippen molar-refractivity contribution in [2.24, 2.45) is 0 Å². The summed E-state index contributed by atoms with van der Waals surface area (Å²) in [6.45, 7) is 1.77. The zero-order chi connectivity index (χ0) is 19.7. The lowest BCUT2D eigenvalue weighted by Gasteiger charge is -2.25. The molecule has 0 fully saturated rings. The molecule has 140 valence electrons. The molecule has 2 amide bonds. The normalized spacial score (nSPS) is 12.0. The predicted octanol–water partition coefficient (Wildman–Crippen LogP) is 4.59. The van der Waals surface area contributed by atoms with Gasteiger partial charge in [0.2, 0.25) is 0 Å². The first-order valence-electron chi connectivity index (χ1n) is 7.94. The zero-order valence-corrected chi connectivity index (χ0v) is 15.9. The first kappa shape index (κ1) is 19.1. The average molecular weight is 409 g/mol. The molecule has 0 aliphatic carbocycles. The molecule has 0 saturated carbocycles. The number of nitrogens with zero attached hydrogens (tertiary/aromatic N) is 2. The zero-order valence-electron chi connectivity index (χ0n) is 14.4. The van der Waals surface area contributed by atoms with Crippen molar-refractivity contribution < 1.29 is 9.18 Å². The summed E-state index contributed by atoms with van der Waals surface area (Å²) >= 11 is 11.7. The minimum Gasteiger partial charge on any atom is -0.319 e. The molecule has 0 spiro atoms. The molecule has 3 aromatic rings. The van der Waals surface area contributed by atoms with Crippen LogP contribution in [-0.4, -0.2) is 28.2 Å². The standard InChI is InChI=1S/C18H15Cl2FN4O2/c1-9(16-12-5-3-10(19)7-13(12)17(26)24-23-16)25(2)18(27)22-11-4-6-15(21)14(20)8-11/h3-9H,1-2H3,(H,22,27)(H,24,26). The number of halogens is 3. The predicted molar refractivity (Wildman–Crippen MR) is 104 cm³/mol. The molecule has 27 heavy (non-hydrogen) atoms. The van der Waals surface area contributed by atoms with Crippen LogP contribution in [0, 0.1) is 5.82 Å². The average Bonchev–Trinajstić information content (AvgIpc) is 2.64. The van der Waals surface area contributed by atoms with Gasteiger partial charge in [-0.15, -0.1) is 0 Å². The largest absolute Gasteiger partial charge is 0.322 e. The van der Waals surface area contributed by atoms with Crippen molar-refractivity contribution in [3.05, 3.63) is 68.3 Å². The molecule has 0 radical (unpaired) electrons. The highest BCUT2D eigenvalue weighted by Gasteiger charge is 2.22. The van der Waals surface area contributed by atoms with Gasteiger partial charge >= 0.3 is 6.03 Å². The number of urea groups is 1. The lowest BCUT2D eigenvalue weighted by Crippen LogP contribution is -2.34. The third kappa shape index (κ3) is 3.89. The van der Waals surface area contributed by atoms with Gasteiger partial charge in [-0.3, -0.25) is 4.79 Å². The van der Waals surface area contributed by atoms with Crippen molar-refractivity contribution in [2.75, 3.05) is 12.4 Å². The van der Waals surface area contributed by atoms with Gasteiger partial charge in [-0.1, -0.05) is 29.3 Å². The molecule has 2 N–H and O–H groups in total. The summed E-state index contributed by atoms with van der Waals surface area (Å²) in [4.78, 5) is 25.9. The molecule has 1 unspecified atom stereocenters. The Balaban J connectivity index is 1.88. The van der Waals surface area contributed by atoms with Gasteiger partial charge in [-0.05, 0) is 37.3 Å². The number of fused-ring (bicyclic) bond motifs is 1. The minimum atomic E-state index is -0.570. The van der Waals surface area contributed by atoms with Crippen molar-refractivity contribution in [3.8, 4) is 0 Å². The van der Waals surface area contributed by atoms with E-state index in [4.69, 9.17) is 23.2 Å². The summed E-state index contributed by atoms with van der Waals surface area (Å²) in [6.07, 6.45) is 0. The second kappa shape index (κ2) is 7.54. The van der Waals surface area contributed by atoms with Gasteiger partial charge in [0.15, 0.2) is 0 Å². The number of H-pyrrole nitrogens is 1. The Kier molecular flexibility index (Phi) is 5.34. The van der Waals surface area contributed by atoms with E-state index in [-0.39, 0.29) is 10.6 Å². The van der Waals surface area contributed by atoms with Crippen molar-refractivity contribution >= 4 is 45.7 Å². The number of nitrogens with one attached hydrogen (secondary N) is 2. The SMILES string of the molecule is CC(c1n[nH]c(=O)c2cc(Cl)ccc12)N(C)C(=O)Nc1ccc(F)c(Cl)c1. The van der Waals surface area contributed by atoms with E-state index in [0.717, 1.165) is 0 Å². The third-order valence-corrected chi connectivity index (χ3v) is 4.77. The van der Waals surface area contributed by atoms with Crippen molar-refractivity contribution in [1.82, 2.24) is 15.1 Å². The number of anilines is 1. The molecular formula is C18H15Cl2FN4O2. The topological polar surface area (TPSA) is 78.1 Å². The van der Waals surface area contributed by atoms with Crippen LogP contribution in [0.4, 0.5) is 14.9 Å². The van der Waals surface area contributed by atoms with E-state index in [2.05, 4.69) is 15.5 Å². The van der Waals surface area contributed by atoms with E-state index in [1.807, 2.05) is 0 Å². The Morgan fingerprint density at radius 3 is 2.67 bits per heavy atom. The Labute approximate surface area is 163 Å². The lowest BCUT2D eigenvalue weighted by atomic mass is 10.1. The number of hydrogen-bond acceptors (Lipinski definition) is 3. The minimum absolute atomic E-state index is 0.0892. The monoisotopic (exact) mass is 408 g/mol. The molecule has 0 saturated heterocycles. The fourth-order valence-electron chi connectivity index (χ4n) is 2.62. The number of carbonyl (C=O) groups excluding carboxylic acids is 1. The number of hydrogen-bond donors (Lipinski definition) is 2. The van der Waals surface area contributed by atoms with Crippen LogP contribution in [-0.2, 0) is 0 Å². The number of benzene rings is 2. The van der Waals surface area contributed by atoms with Gasteiger partial charge in [0.05, 0.1) is 22.1 Å². The number of rotatable bonds is 3. The Hall–Kier alpha value is -2.64. The lowest BCUT2D eigenvalue weighted by molar-refractivity contribution is 0.207. The summed E-state index contributed by atoms with van der Waals surface area (Å²) in [7, 11) is 1.58. The van der Waals surface area contributed by atoms with Crippen LogP contribution in [0.2, 0.25) is 10.0 Å². The van der Waals surface area contributed by atoms with Gasteiger partial charge in [-0.25, -0.2) is 14.3 Å². The number of carbonyl (C=O) groups is 1. The molecule has 6 nitrogen and oxygen atoms in total. The fraction of sp³-hybridized carbons (Fsp3) is 0.167. The first-order chi connectivity index (χ1) is 12.8. The summed E-state index contributed by atoms with van der Waals surface area (Å²) < 4.78 is 13.3. The van der Waals surface area contributed by atoms with E-state index in [9.17, 15) is 14.0 Å². The van der Waals surface area contributed by atoms with Crippen LogP contribution >= 0.6 is 23.2 Å². The van der Waals surface area contributed by atoms with Gasteiger partial charge in [0.1, 0.15) is 5.82 Å². The molecular weight excluding hydrogens is 394 g/mol. The van der Waals surface area contributed by atoms with E-state index in [1.165, 1.54) is 23.1 Å². The maximum absolute atomic E-state index is 13.3. The van der Waals surface area contributed by atoms with Crippen LogP contribution in [0.15, 0.2) is 41.2 Å². The van der Waals surface area contributed by atoms with Gasteiger partial charge in [0.25, 0.3) is 5.56 Å². The van der Waals surface area contributed by atoms with Gasteiger partial charge < -0.3 is 10.2 Å². The van der Waals surface area contributed by atoms with Gasteiger partial charge in [0, 0.05) is 23.1 Å². The maximum Gasteiger partial charge on any atom is 0.322 e. The van der Waals surface area contributed by atoms with E-state index >= 15 is 0 Å². The van der Waals surface area contributed by atoms with Crippen molar-refractivity contribution in [2.45, 2.75) is 13.0 Å². The molecule has 1 aromatic heterocycles. The molecule has 3 rings (SSSR count). The molecule has 2 aromatic carbocycles. The summed E-state index contributed by atoms with van der Waals surface area (Å²) in [5.74, 6) is -0.570. The highest BCUT2D eigenvalue weighted by Crippen LogP contribution is 2.26.